The Morgan fingerprint density at radius 3 is 2.87 bits per heavy atom. The summed E-state index contributed by atoms with van der Waals surface area (Å²) in [5, 5.41) is 7.17. The molecule has 1 aliphatic carbocycles. The molecule has 8 nitrogen and oxygen atoms in total. The average molecular weight is 419 g/mol. The summed E-state index contributed by atoms with van der Waals surface area (Å²) in [6.07, 6.45) is 15.0. The molecular weight excluding hydrogens is 392 g/mol. The Kier molecular flexibility index (Phi) is 5.05. The first-order chi connectivity index (χ1) is 15.1. The van der Waals surface area contributed by atoms with Crippen molar-refractivity contribution < 1.29 is 9.53 Å². The predicted molar refractivity (Wildman–Crippen MR) is 118 cm³/mol. The molecule has 4 aromatic rings. The maximum atomic E-state index is 13.2. The van der Waals surface area contributed by atoms with E-state index in [0.29, 0.717) is 28.6 Å². The first-order valence-electron chi connectivity index (χ1n) is 10.9. The lowest BCUT2D eigenvalue weighted by Gasteiger charge is -2.19. The van der Waals surface area contributed by atoms with E-state index in [0.717, 1.165) is 11.3 Å². The Balaban J connectivity index is 1.51. The van der Waals surface area contributed by atoms with Crippen molar-refractivity contribution in [2.24, 2.45) is 0 Å². The van der Waals surface area contributed by atoms with E-state index in [2.05, 4.69) is 21.6 Å². The van der Waals surface area contributed by atoms with E-state index in [1.807, 2.05) is 24.3 Å². The van der Waals surface area contributed by atoms with Gasteiger partial charge in [-0.15, -0.1) is 0 Å². The first kappa shape index (κ1) is 19.5. The highest BCUT2D eigenvalue weighted by atomic mass is 16.5. The molecule has 0 radical (unpaired) electrons. The molecule has 31 heavy (non-hydrogen) atoms. The zero-order valence-electron chi connectivity index (χ0n) is 17.8. The number of nitrogens with one attached hydrogen (secondary N) is 1. The van der Waals surface area contributed by atoms with Gasteiger partial charge in [-0.2, -0.15) is 5.10 Å². The van der Waals surface area contributed by atoms with Crippen LogP contribution in [0.1, 0.15) is 67.9 Å². The lowest BCUT2D eigenvalue weighted by Crippen LogP contribution is -2.16. The fraction of sp³-hybridized carbons (Fsp3) is 0.391. The molecule has 1 saturated carbocycles. The fourth-order valence-corrected chi connectivity index (χ4v) is 4.26. The summed E-state index contributed by atoms with van der Waals surface area (Å²) in [5.74, 6) is 0.737. The van der Waals surface area contributed by atoms with E-state index in [1.54, 1.807) is 35.4 Å². The molecule has 1 fully saturated rings. The zero-order chi connectivity index (χ0) is 21.4. The molecule has 1 N–H and O–H groups in total. The van der Waals surface area contributed by atoms with Crippen LogP contribution in [0.2, 0.25) is 0 Å². The maximum absolute atomic E-state index is 13.2. The maximum Gasteiger partial charge on any atom is 0.261 e. The summed E-state index contributed by atoms with van der Waals surface area (Å²) in [6.45, 7) is 3.89. The second kappa shape index (κ2) is 8.02. The van der Waals surface area contributed by atoms with Crippen molar-refractivity contribution in [3.8, 4) is 5.75 Å². The highest BCUT2D eigenvalue weighted by Gasteiger charge is 2.22. The molecular formula is C23H26N6O2. The van der Waals surface area contributed by atoms with E-state index >= 15 is 0 Å². The van der Waals surface area contributed by atoms with Crippen LogP contribution in [0.4, 0.5) is 5.69 Å². The zero-order valence-corrected chi connectivity index (χ0v) is 17.8. The van der Waals surface area contributed by atoms with Crippen LogP contribution >= 0.6 is 0 Å². The van der Waals surface area contributed by atoms with Crippen LogP contribution in [0, 0.1) is 0 Å². The Hall–Kier alpha value is -3.42. The van der Waals surface area contributed by atoms with E-state index in [9.17, 15) is 4.79 Å². The molecule has 8 heteroatoms. The number of imidazole rings is 1. The van der Waals surface area contributed by atoms with Gasteiger partial charge in [0.2, 0.25) is 0 Å². The van der Waals surface area contributed by atoms with Gasteiger partial charge < -0.3 is 14.5 Å². The van der Waals surface area contributed by atoms with E-state index < -0.39 is 0 Å². The highest BCUT2D eigenvalue weighted by molar-refractivity contribution is 6.07. The Morgan fingerprint density at radius 2 is 2.06 bits per heavy atom. The van der Waals surface area contributed by atoms with Crippen LogP contribution in [0.5, 0.6) is 5.75 Å². The fourth-order valence-electron chi connectivity index (χ4n) is 4.26. The first-order valence-corrected chi connectivity index (χ1v) is 10.9. The van der Waals surface area contributed by atoms with Crippen LogP contribution < -0.4 is 10.1 Å². The number of hydrogen-bond acceptors (Lipinski definition) is 5. The van der Waals surface area contributed by atoms with Gasteiger partial charge in [-0.1, -0.05) is 19.3 Å². The van der Waals surface area contributed by atoms with Crippen LogP contribution in [-0.2, 0) is 0 Å². The summed E-state index contributed by atoms with van der Waals surface area (Å²) < 4.78 is 9.54. The lowest BCUT2D eigenvalue weighted by atomic mass is 9.87. The molecule has 0 unspecified atom stereocenters. The number of carbonyl (C=O) groups excluding carboxylic acids is 1. The molecule has 4 heterocycles. The molecule has 0 aromatic carbocycles. The molecule has 0 bridgehead atoms. The Morgan fingerprint density at radius 1 is 1.23 bits per heavy atom. The summed E-state index contributed by atoms with van der Waals surface area (Å²) in [4.78, 5) is 22.4. The quantitative estimate of drug-likeness (QED) is 0.517. The average Bonchev–Trinajstić information content (AvgIpc) is 3.37. The summed E-state index contributed by atoms with van der Waals surface area (Å²) >= 11 is 0. The molecule has 4 aromatic heterocycles. The number of ether oxygens (including phenoxy) is 1. The van der Waals surface area contributed by atoms with Gasteiger partial charge in [0.25, 0.3) is 5.91 Å². The van der Waals surface area contributed by atoms with Crippen LogP contribution in [0.3, 0.4) is 0 Å². The van der Waals surface area contributed by atoms with E-state index in [4.69, 9.17) is 9.72 Å². The van der Waals surface area contributed by atoms with Gasteiger partial charge in [-0.05, 0) is 32.8 Å². The van der Waals surface area contributed by atoms with Crippen molar-refractivity contribution in [3.63, 3.8) is 0 Å². The van der Waals surface area contributed by atoms with Gasteiger partial charge in [0.15, 0.2) is 5.65 Å². The van der Waals surface area contributed by atoms with Gasteiger partial charge >= 0.3 is 0 Å². The van der Waals surface area contributed by atoms with Gasteiger partial charge in [-0.3, -0.25) is 4.79 Å². The lowest BCUT2D eigenvalue weighted by molar-refractivity contribution is 0.102. The molecule has 0 atom stereocenters. The van der Waals surface area contributed by atoms with Crippen molar-refractivity contribution in [2.75, 3.05) is 5.32 Å². The minimum atomic E-state index is -0.272. The molecule has 160 valence electrons. The number of nitrogens with zero attached hydrogens (tertiary/aromatic N) is 5. The third kappa shape index (κ3) is 3.85. The summed E-state index contributed by atoms with van der Waals surface area (Å²) in [7, 11) is 0. The van der Waals surface area contributed by atoms with Crippen molar-refractivity contribution >= 4 is 22.9 Å². The second-order valence-corrected chi connectivity index (χ2v) is 8.38. The van der Waals surface area contributed by atoms with Crippen LogP contribution in [-0.4, -0.2) is 36.0 Å². The number of pyridine rings is 1. The number of amides is 1. The van der Waals surface area contributed by atoms with Crippen LogP contribution in [0.15, 0.2) is 43.1 Å². The Bertz CT molecular complexity index is 1240. The SMILES string of the molecule is CC(C)Oc1cc2nc(C3CCCCC3)cn2cc1C(=O)Nc1cnn2cccnc12. The Labute approximate surface area is 180 Å². The van der Waals surface area contributed by atoms with Gasteiger partial charge in [0.1, 0.15) is 17.1 Å². The number of aromatic nitrogens is 5. The number of rotatable bonds is 5. The largest absolute Gasteiger partial charge is 0.490 e. The van der Waals surface area contributed by atoms with Gasteiger partial charge in [0.05, 0.1) is 23.6 Å². The third-order valence-corrected chi connectivity index (χ3v) is 5.73. The number of fused-ring (bicyclic) bond motifs is 2. The number of anilines is 1. The molecule has 1 amide bonds. The highest BCUT2D eigenvalue weighted by Crippen LogP contribution is 2.33. The summed E-state index contributed by atoms with van der Waals surface area (Å²) in [5.41, 5.74) is 3.48. The second-order valence-electron chi connectivity index (χ2n) is 8.38. The van der Waals surface area contributed by atoms with E-state index in [-0.39, 0.29) is 12.0 Å². The van der Waals surface area contributed by atoms with E-state index in [1.165, 1.54) is 32.1 Å². The minimum absolute atomic E-state index is 0.0691. The van der Waals surface area contributed by atoms with Crippen LogP contribution in [0.25, 0.3) is 11.3 Å². The predicted octanol–water partition coefficient (Wildman–Crippen LogP) is 4.46. The molecule has 5 rings (SSSR count). The van der Waals surface area contributed by atoms with Crippen molar-refractivity contribution in [1.29, 1.82) is 0 Å². The monoisotopic (exact) mass is 418 g/mol. The molecule has 0 spiro atoms. The molecule has 1 aliphatic rings. The molecule has 0 saturated heterocycles. The topological polar surface area (TPSA) is 85.8 Å². The normalized spacial score (nSPS) is 15.1. The standard InChI is InChI=1S/C23H26N6O2/c1-15(2)31-20-11-21-26-19(16-7-4-3-5-8-16)14-28(21)13-17(20)23(30)27-18-12-25-29-10-6-9-24-22(18)29/h6,9-16H,3-5,7-8H2,1-2H3,(H,27,30). The smallest absolute Gasteiger partial charge is 0.261 e. The van der Waals surface area contributed by atoms with Crippen molar-refractivity contribution in [1.82, 2.24) is 24.0 Å². The van der Waals surface area contributed by atoms with Crippen molar-refractivity contribution in [2.45, 2.75) is 58.0 Å². The summed E-state index contributed by atoms with van der Waals surface area (Å²) in [6, 6.07) is 3.65. The van der Waals surface area contributed by atoms with Crippen molar-refractivity contribution in [3.05, 3.63) is 54.4 Å². The third-order valence-electron chi connectivity index (χ3n) is 5.73. The number of carbonyl (C=O) groups is 1. The minimum Gasteiger partial charge on any atom is -0.490 e. The van der Waals surface area contributed by atoms with Gasteiger partial charge in [-0.25, -0.2) is 14.5 Å². The number of hydrogen-bond donors (Lipinski definition) is 1. The van der Waals surface area contributed by atoms with Gasteiger partial charge in [0, 0.05) is 36.8 Å². The molecule has 0 aliphatic heterocycles.